The highest BCUT2D eigenvalue weighted by Gasteiger charge is 2.22. The Hall–Kier alpha value is -1.29. The van der Waals surface area contributed by atoms with E-state index in [0.717, 1.165) is 5.56 Å². The molecule has 5 heteroatoms. The molecule has 0 fully saturated rings. The molecule has 0 radical (unpaired) electrons. The molecule has 1 unspecified atom stereocenters. The standard InChI is InChI=1S/C16H16Cl2FNO/c1-3-20-16(10-6-4-8-12(17)14(10)18)11-7-5-9-13(21-2)15(11)19/h4-9,16,20H,3H2,1-2H3. The van der Waals surface area contributed by atoms with Crippen LogP contribution in [0.15, 0.2) is 36.4 Å². The second kappa shape index (κ2) is 7.12. The number of nitrogens with one attached hydrogen (secondary N) is 1. The van der Waals surface area contributed by atoms with Gasteiger partial charge in [0, 0.05) is 5.56 Å². The van der Waals surface area contributed by atoms with Crippen LogP contribution in [0.5, 0.6) is 5.75 Å². The Morgan fingerprint density at radius 3 is 2.48 bits per heavy atom. The Balaban J connectivity index is 2.56. The van der Waals surface area contributed by atoms with Crippen molar-refractivity contribution >= 4 is 23.2 Å². The molecule has 2 aromatic rings. The molecule has 0 saturated heterocycles. The van der Waals surface area contributed by atoms with Gasteiger partial charge in [0.15, 0.2) is 11.6 Å². The van der Waals surface area contributed by atoms with E-state index in [2.05, 4.69) is 5.32 Å². The van der Waals surface area contributed by atoms with Crippen molar-refractivity contribution in [2.24, 2.45) is 0 Å². The summed E-state index contributed by atoms with van der Waals surface area (Å²) in [7, 11) is 1.44. The maximum atomic E-state index is 14.5. The van der Waals surface area contributed by atoms with Crippen LogP contribution >= 0.6 is 23.2 Å². The molecule has 0 amide bonds. The van der Waals surface area contributed by atoms with E-state index in [1.807, 2.05) is 13.0 Å². The Morgan fingerprint density at radius 2 is 1.81 bits per heavy atom. The predicted molar refractivity (Wildman–Crippen MR) is 84.9 cm³/mol. The lowest BCUT2D eigenvalue weighted by atomic mass is 9.97. The summed E-state index contributed by atoms with van der Waals surface area (Å²) < 4.78 is 19.6. The van der Waals surface area contributed by atoms with Crippen molar-refractivity contribution in [2.75, 3.05) is 13.7 Å². The summed E-state index contributed by atoms with van der Waals surface area (Å²) in [6.45, 7) is 2.60. The minimum Gasteiger partial charge on any atom is -0.494 e. The first kappa shape index (κ1) is 16.1. The molecule has 1 atom stereocenters. The van der Waals surface area contributed by atoms with Crippen LogP contribution in [0.2, 0.25) is 10.0 Å². The zero-order valence-corrected chi connectivity index (χ0v) is 13.3. The van der Waals surface area contributed by atoms with Gasteiger partial charge in [0.05, 0.1) is 23.2 Å². The minimum atomic E-state index is -0.401. The average molecular weight is 328 g/mol. The zero-order chi connectivity index (χ0) is 15.4. The quantitative estimate of drug-likeness (QED) is 0.848. The van der Waals surface area contributed by atoms with E-state index in [9.17, 15) is 4.39 Å². The molecule has 21 heavy (non-hydrogen) atoms. The Kier molecular flexibility index (Phi) is 5.45. The number of hydrogen-bond acceptors (Lipinski definition) is 2. The normalized spacial score (nSPS) is 12.2. The number of ether oxygens (including phenoxy) is 1. The molecular weight excluding hydrogens is 312 g/mol. The summed E-state index contributed by atoms with van der Waals surface area (Å²) in [6.07, 6.45) is 0. The Morgan fingerprint density at radius 1 is 1.14 bits per heavy atom. The molecular formula is C16H16Cl2FNO. The third kappa shape index (κ3) is 3.31. The molecule has 0 aliphatic rings. The van der Waals surface area contributed by atoms with Crippen molar-refractivity contribution in [2.45, 2.75) is 13.0 Å². The number of hydrogen-bond donors (Lipinski definition) is 1. The Labute approximate surface area is 133 Å². The van der Waals surface area contributed by atoms with Gasteiger partial charge in [-0.25, -0.2) is 4.39 Å². The molecule has 2 nitrogen and oxygen atoms in total. The second-order valence-electron chi connectivity index (χ2n) is 4.50. The van der Waals surface area contributed by atoms with Crippen LogP contribution in [-0.4, -0.2) is 13.7 Å². The molecule has 0 aromatic heterocycles. The van der Waals surface area contributed by atoms with Crippen molar-refractivity contribution in [3.05, 3.63) is 63.4 Å². The maximum absolute atomic E-state index is 14.5. The molecule has 0 aliphatic heterocycles. The van der Waals surface area contributed by atoms with Gasteiger partial charge in [0.25, 0.3) is 0 Å². The average Bonchev–Trinajstić information content (AvgIpc) is 2.49. The monoisotopic (exact) mass is 327 g/mol. The van der Waals surface area contributed by atoms with E-state index in [1.165, 1.54) is 7.11 Å². The topological polar surface area (TPSA) is 21.3 Å². The van der Waals surface area contributed by atoms with Gasteiger partial charge in [-0.1, -0.05) is 54.4 Å². The van der Waals surface area contributed by atoms with Crippen LogP contribution in [-0.2, 0) is 0 Å². The van der Waals surface area contributed by atoms with Crippen molar-refractivity contribution in [1.82, 2.24) is 5.32 Å². The van der Waals surface area contributed by atoms with Crippen LogP contribution in [0.1, 0.15) is 24.1 Å². The summed E-state index contributed by atoms with van der Waals surface area (Å²) in [5.41, 5.74) is 1.21. The molecule has 0 spiro atoms. The molecule has 2 rings (SSSR count). The first-order valence-corrected chi connectivity index (χ1v) is 7.35. The van der Waals surface area contributed by atoms with Crippen LogP contribution in [0.4, 0.5) is 4.39 Å². The SMILES string of the molecule is CCNC(c1cccc(OC)c1F)c1cccc(Cl)c1Cl. The van der Waals surface area contributed by atoms with E-state index in [-0.39, 0.29) is 5.75 Å². The second-order valence-corrected chi connectivity index (χ2v) is 5.28. The van der Waals surface area contributed by atoms with Crippen LogP contribution in [0, 0.1) is 5.82 Å². The van der Waals surface area contributed by atoms with Crippen molar-refractivity contribution in [3.63, 3.8) is 0 Å². The molecule has 1 N–H and O–H groups in total. The molecule has 0 aliphatic carbocycles. The summed E-state index contributed by atoms with van der Waals surface area (Å²) in [5, 5.41) is 4.10. The fraction of sp³-hybridized carbons (Fsp3) is 0.250. The summed E-state index contributed by atoms with van der Waals surface area (Å²) in [5.74, 6) is -0.199. The summed E-state index contributed by atoms with van der Waals surface area (Å²) in [4.78, 5) is 0. The fourth-order valence-electron chi connectivity index (χ4n) is 2.24. The number of rotatable bonds is 5. The van der Waals surface area contributed by atoms with Crippen LogP contribution < -0.4 is 10.1 Å². The van der Waals surface area contributed by atoms with Crippen molar-refractivity contribution < 1.29 is 9.13 Å². The molecule has 2 aromatic carbocycles. The first-order valence-electron chi connectivity index (χ1n) is 6.59. The third-order valence-electron chi connectivity index (χ3n) is 3.22. The lowest BCUT2D eigenvalue weighted by Crippen LogP contribution is -2.23. The summed E-state index contributed by atoms with van der Waals surface area (Å²) >= 11 is 12.3. The Bertz CT molecular complexity index is 634. The number of methoxy groups -OCH3 is 1. The molecule has 0 heterocycles. The van der Waals surface area contributed by atoms with E-state index in [1.54, 1.807) is 30.3 Å². The van der Waals surface area contributed by atoms with Gasteiger partial charge < -0.3 is 10.1 Å². The first-order chi connectivity index (χ1) is 10.1. The van der Waals surface area contributed by atoms with Gasteiger partial charge in [-0.05, 0) is 24.2 Å². The van der Waals surface area contributed by atoms with Gasteiger partial charge in [-0.3, -0.25) is 0 Å². The molecule has 0 saturated carbocycles. The number of benzene rings is 2. The highest BCUT2D eigenvalue weighted by Crippen LogP contribution is 2.35. The van der Waals surface area contributed by atoms with E-state index in [0.29, 0.717) is 22.2 Å². The highest BCUT2D eigenvalue weighted by atomic mass is 35.5. The minimum absolute atomic E-state index is 0.202. The predicted octanol–water partition coefficient (Wildman–Crippen LogP) is 4.84. The zero-order valence-electron chi connectivity index (χ0n) is 11.8. The van der Waals surface area contributed by atoms with Crippen molar-refractivity contribution in [3.8, 4) is 5.75 Å². The van der Waals surface area contributed by atoms with Gasteiger partial charge in [-0.2, -0.15) is 0 Å². The van der Waals surface area contributed by atoms with Crippen LogP contribution in [0.3, 0.4) is 0 Å². The van der Waals surface area contributed by atoms with Gasteiger partial charge in [0.2, 0.25) is 0 Å². The number of halogens is 3. The summed E-state index contributed by atoms with van der Waals surface area (Å²) in [6, 6.07) is 9.99. The van der Waals surface area contributed by atoms with Crippen molar-refractivity contribution in [1.29, 1.82) is 0 Å². The third-order valence-corrected chi connectivity index (χ3v) is 4.06. The van der Waals surface area contributed by atoms with Gasteiger partial charge in [0.1, 0.15) is 0 Å². The molecule has 112 valence electrons. The van der Waals surface area contributed by atoms with E-state index in [4.69, 9.17) is 27.9 Å². The van der Waals surface area contributed by atoms with Gasteiger partial charge >= 0.3 is 0 Å². The van der Waals surface area contributed by atoms with Gasteiger partial charge in [-0.15, -0.1) is 0 Å². The maximum Gasteiger partial charge on any atom is 0.170 e. The highest BCUT2D eigenvalue weighted by molar-refractivity contribution is 6.42. The lowest BCUT2D eigenvalue weighted by Gasteiger charge is -2.22. The van der Waals surface area contributed by atoms with E-state index < -0.39 is 11.9 Å². The smallest absolute Gasteiger partial charge is 0.170 e. The fourth-order valence-corrected chi connectivity index (χ4v) is 2.66. The van der Waals surface area contributed by atoms with Crippen LogP contribution in [0.25, 0.3) is 0 Å². The molecule has 0 bridgehead atoms. The van der Waals surface area contributed by atoms with E-state index >= 15 is 0 Å². The largest absolute Gasteiger partial charge is 0.494 e. The lowest BCUT2D eigenvalue weighted by molar-refractivity contribution is 0.382.